The number of aromatic nitrogens is 1. The molecule has 0 aliphatic carbocycles. The number of nitrogens with zero attached hydrogens (tertiary/aromatic N) is 2. The molecule has 1 aliphatic rings. The van der Waals surface area contributed by atoms with Crippen LogP contribution in [0.25, 0.3) is 21.5 Å². The van der Waals surface area contributed by atoms with Crippen molar-refractivity contribution in [2.75, 3.05) is 31.6 Å². The van der Waals surface area contributed by atoms with Gasteiger partial charge in [-0.25, -0.2) is 4.98 Å². The van der Waals surface area contributed by atoms with E-state index < -0.39 is 0 Å². The first-order chi connectivity index (χ1) is 13.7. The van der Waals surface area contributed by atoms with E-state index in [9.17, 15) is 4.79 Å². The van der Waals surface area contributed by atoms with Gasteiger partial charge in [0.25, 0.3) is 0 Å². The Morgan fingerprint density at radius 3 is 2.86 bits per heavy atom. The average Bonchev–Trinajstić information content (AvgIpc) is 3.23. The maximum Gasteiger partial charge on any atom is 0.230 e. The van der Waals surface area contributed by atoms with Crippen LogP contribution in [-0.2, 0) is 4.79 Å². The van der Waals surface area contributed by atoms with Crippen molar-refractivity contribution < 1.29 is 9.53 Å². The van der Waals surface area contributed by atoms with Gasteiger partial charge in [-0.15, -0.1) is 11.3 Å². The normalized spacial score (nSPS) is 14.9. The van der Waals surface area contributed by atoms with E-state index in [1.165, 1.54) is 0 Å². The van der Waals surface area contributed by atoms with Crippen LogP contribution in [0.5, 0.6) is 5.75 Å². The number of fused-ring (bicyclic) bond motifs is 1. The summed E-state index contributed by atoms with van der Waals surface area (Å²) in [6, 6.07) is 12.0. The number of hydrogen-bond donors (Lipinski definition) is 1. The number of pyridine rings is 1. The Morgan fingerprint density at radius 1 is 1.29 bits per heavy atom. The van der Waals surface area contributed by atoms with Crippen LogP contribution in [0.1, 0.15) is 19.8 Å². The molecule has 1 saturated heterocycles. The Hall–Kier alpha value is -2.44. The lowest BCUT2D eigenvalue weighted by molar-refractivity contribution is -0.123. The van der Waals surface area contributed by atoms with Crippen molar-refractivity contribution in [2.24, 2.45) is 5.92 Å². The third-order valence-electron chi connectivity index (χ3n) is 5.32. The minimum absolute atomic E-state index is 0.0876. The summed E-state index contributed by atoms with van der Waals surface area (Å²) >= 11 is 1.64. The third kappa shape index (κ3) is 3.62. The molecule has 3 heterocycles. The predicted octanol–water partition coefficient (Wildman–Crippen LogP) is 4.32. The second kappa shape index (κ2) is 8.29. The van der Waals surface area contributed by atoms with E-state index in [4.69, 9.17) is 9.72 Å². The van der Waals surface area contributed by atoms with Gasteiger partial charge < -0.3 is 15.0 Å². The van der Waals surface area contributed by atoms with Crippen molar-refractivity contribution in [3.63, 3.8) is 0 Å². The molecule has 0 bridgehead atoms. The largest absolute Gasteiger partial charge is 0.497 e. The Bertz CT molecular complexity index is 979. The third-order valence-corrected chi connectivity index (χ3v) is 6.24. The van der Waals surface area contributed by atoms with E-state index in [2.05, 4.69) is 11.4 Å². The number of anilines is 1. The highest BCUT2D eigenvalue weighted by Gasteiger charge is 2.27. The van der Waals surface area contributed by atoms with E-state index >= 15 is 0 Å². The number of amides is 1. The van der Waals surface area contributed by atoms with Gasteiger partial charge in [0.05, 0.1) is 28.7 Å². The molecular weight excluding hydrogens is 370 g/mol. The van der Waals surface area contributed by atoms with Crippen LogP contribution in [0.4, 0.5) is 5.69 Å². The van der Waals surface area contributed by atoms with Gasteiger partial charge in [0, 0.05) is 18.0 Å². The summed E-state index contributed by atoms with van der Waals surface area (Å²) in [5.74, 6) is 1.11. The summed E-state index contributed by atoms with van der Waals surface area (Å²) < 4.78 is 6.43. The van der Waals surface area contributed by atoms with E-state index in [0.717, 1.165) is 58.8 Å². The van der Waals surface area contributed by atoms with Crippen molar-refractivity contribution in [1.82, 2.24) is 10.3 Å². The number of benzene rings is 1. The summed E-state index contributed by atoms with van der Waals surface area (Å²) in [5, 5.41) is 5.38. The van der Waals surface area contributed by atoms with E-state index in [0.29, 0.717) is 6.54 Å². The molecule has 4 rings (SSSR count). The Kier molecular flexibility index (Phi) is 5.59. The van der Waals surface area contributed by atoms with Crippen molar-refractivity contribution in [3.8, 4) is 17.0 Å². The lowest BCUT2D eigenvalue weighted by atomic mass is 9.96. The molecule has 0 atom stereocenters. The number of thiophene rings is 1. The number of rotatable bonds is 5. The highest BCUT2D eigenvalue weighted by Crippen LogP contribution is 2.36. The van der Waals surface area contributed by atoms with Crippen LogP contribution in [0.15, 0.2) is 41.8 Å². The number of carbonyl (C=O) groups excluding carboxylic acids is 1. The molecule has 1 aromatic carbocycles. The molecule has 0 spiro atoms. The Morgan fingerprint density at radius 2 is 2.11 bits per heavy atom. The van der Waals surface area contributed by atoms with Crippen LogP contribution >= 0.6 is 11.3 Å². The first-order valence-corrected chi connectivity index (χ1v) is 10.6. The van der Waals surface area contributed by atoms with Crippen LogP contribution < -0.4 is 15.0 Å². The smallest absolute Gasteiger partial charge is 0.230 e. The minimum atomic E-state index is 0.0876. The molecule has 6 heteroatoms. The van der Waals surface area contributed by atoms with Crippen LogP contribution in [0.2, 0.25) is 0 Å². The number of nitrogens with one attached hydrogen (secondary N) is 1. The van der Waals surface area contributed by atoms with Gasteiger partial charge in [0.15, 0.2) is 0 Å². The summed E-state index contributed by atoms with van der Waals surface area (Å²) in [5.41, 5.74) is 3.73. The second-order valence-electron chi connectivity index (χ2n) is 7.00. The van der Waals surface area contributed by atoms with E-state index in [1.54, 1.807) is 18.4 Å². The molecule has 5 nitrogen and oxygen atoms in total. The fourth-order valence-electron chi connectivity index (χ4n) is 3.80. The van der Waals surface area contributed by atoms with Gasteiger partial charge in [-0.1, -0.05) is 12.1 Å². The zero-order valence-electron chi connectivity index (χ0n) is 16.3. The van der Waals surface area contributed by atoms with Crippen molar-refractivity contribution >= 4 is 33.1 Å². The Balaban J connectivity index is 1.78. The molecule has 0 radical (unpaired) electrons. The minimum Gasteiger partial charge on any atom is -0.497 e. The summed E-state index contributed by atoms with van der Waals surface area (Å²) in [4.78, 5) is 20.1. The molecular formula is C22H25N3O2S. The zero-order chi connectivity index (χ0) is 19.5. The van der Waals surface area contributed by atoms with Gasteiger partial charge in [-0.05, 0) is 62.5 Å². The number of piperidine rings is 1. The summed E-state index contributed by atoms with van der Waals surface area (Å²) in [6.45, 7) is 4.52. The molecule has 28 heavy (non-hydrogen) atoms. The fourth-order valence-corrected chi connectivity index (χ4v) is 4.66. The van der Waals surface area contributed by atoms with Gasteiger partial charge in [-0.3, -0.25) is 4.79 Å². The topological polar surface area (TPSA) is 54.5 Å². The molecule has 0 saturated carbocycles. The fraction of sp³-hybridized carbons (Fsp3) is 0.364. The maximum absolute atomic E-state index is 13.3. The van der Waals surface area contributed by atoms with Crippen molar-refractivity contribution in [1.29, 1.82) is 0 Å². The number of ether oxygens (including phenoxy) is 1. The molecule has 0 unspecified atom stereocenters. The predicted molar refractivity (Wildman–Crippen MR) is 115 cm³/mol. The number of hydrogen-bond acceptors (Lipinski definition) is 5. The first kappa shape index (κ1) is 18.9. The van der Waals surface area contributed by atoms with Crippen LogP contribution in [0.3, 0.4) is 0 Å². The molecule has 2 aromatic heterocycles. The summed E-state index contributed by atoms with van der Waals surface area (Å²) in [7, 11) is 1.66. The SMILES string of the molecule is CCN(C(=O)C1CCNCC1)c1cc(-c2cccc(OC)c2)nc2ccsc12. The van der Waals surface area contributed by atoms with Crippen LogP contribution in [0, 0.1) is 5.92 Å². The van der Waals surface area contributed by atoms with Crippen LogP contribution in [-0.4, -0.2) is 37.6 Å². The second-order valence-corrected chi connectivity index (χ2v) is 7.92. The molecule has 1 N–H and O–H groups in total. The Labute approximate surface area is 169 Å². The lowest BCUT2D eigenvalue weighted by Gasteiger charge is -2.29. The molecule has 1 fully saturated rings. The molecule has 1 aliphatic heterocycles. The quantitative estimate of drug-likeness (QED) is 0.699. The van der Waals surface area contributed by atoms with E-state index in [-0.39, 0.29) is 11.8 Å². The van der Waals surface area contributed by atoms with Gasteiger partial charge in [0.2, 0.25) is 5.91 Å². The molecule has 146 valence electrons. The van der Waals surface area contributed by atoms with Gasteiger partial charge in [-0.2, -0.15) is 0 Å². The van der Waals surface area contributed by atoms with Crippen molar-refractivity contribution in [3.05, 3.63) is 41.8 Å². The highest BCUT2D eigenvalue weighted by molar-refractivity contribution is 7.17. The van der Waals surface area contributed by atoms with Gasteiger partial charge in [0.1, 0.15) is 5.75 Å². The summed E-state index contributed by atoms with van der Waals surface area (Å²) in [6.07, 6.45) is 1.80. The highest BCUT2D eigenvalue weighted by atomic mass is 32.1. The zero-order valence-corrected chi connectivity index (χ0v) is 17.1. The monoisotopic (exact) mass is 395 g/mol. The first-order valence-electron chi connectivity index (χ1n) is 9.76. The number of methoxy groups -OCH3 is 1. The average molecular weight is 396 g/mol. The molecule has 1 amide bonds. The van der Waals surface area contributed by atoms with E-state index in [1.807, 2.05) is 47.5 Å². The lowest BCUT2D eigenvalue weighted by Crippen LogP contribution is -2.41. The van der Waals surface area contributed by atoms with Gasteiger partial charge >= 0.3 is 0 Å². The standard InChI is InChI=1S/C22H25N3O2S/c1-3-25(22(26)15-7-10-23-11-8-15)20-14-19(24-18-9-12-28-21(18)20)16-5-4-6-17(13-16)27-2/h4-6,9,12-15,23H,3,7-8,10-11H2,1-2H3. The van der Waals surface area contributed by atoms with Crippen molar-refractivity contribution in [2.45, 2.75) is 19.8 Å². The molecule has 3 aromatic rings. The number of carbonyl (C=O) groups is 1. The maximum atomic E-state index is 13.3.